The Morgan fingerprint density at radius 2 is 1.94 bits per heavy atom. The number of hydrogen-bond acceptors (Lipinski definition) is 6. The van der Waals surface area contributed by atoms with Crippen LogP contribution < -0.4 is 16.0 Å². The maximum Gasteiger partial charge on any atom is 0.239 e. The van der Waals surface area contributed by atoms with Crippen LogP contribution in [0.4, 0.5) is 0 Å². The third-order valence-electron chi connectivity index (χ3n) is 1.89. The van der Waals surface area contributed by atoms with Crippen molar-refractivity contribution < 1.29 is 19.2 Å². The van der Waals surface area contributed by atoms with E-state index in [4.69, 9.17) is 0 Å². The molecule has 0 aromatic heterocycles. The van der Waals surface area contributed by atoms with Gasteiger partial charge in [0.1, 0.15) is 12.6 Å². The summed E-state index contributed by atoms with van der Waals surface area (Å²) in [6.45, 7) is -0.219. The maximum absolute atomic E-state index is 11.3. The lowest BCUT2D eigenvalue weighted by atomic mass is 10.4. The minimum absolute atomic E-state index is 0.0629. The zero-order valence-corrected chi connectivity index (χ0v) is 10.9. The molecule has 0 saturated heterocycles. The topological polar surface area (TPSA) is 104 Å². The van der Waals surface area contributed by atoms with Crippen molar-refractivity contribution in [1.82, 2.24) is 16.0 Å². The van der Waals surface area contributed by atoms with Gasteiger partial charge in [-0.3, -0.25) is 9.59 Å². The SMILES string of the molecule is CNC(C=O)CSCC(=O)NCC(=O)NCC=O. The summed E-state index contributed by atoms with van der Waals surface area (Å²) < 4.78 is 0. The van der Waals surface area contributed by atoms with E-state index in [1.807, 2.05) is 0 Å². The lowest BCUT2D eigenvalue weighted by Gasteiger charge is -2.08. The summed E-state index contributed by atoms with van der Waals surface area (Å²) in [4.78, 5) is 42.8. The van der Waals surface area contributed by atoms with E-state index in [-0.39, 0.29) is 30.8 Å². The molecule has 0 aliphatic rings. The Hall–Kier alpha value is -1.41. The van der Waals surface area contributed by atoms with Gasteiger partial charge in [-0.1, -0.05) is 0 Å². The third kappa shape index (κ3) is 8.71. The number of hydrogen-bond donors (Lipinski definition) is 3. The number of aldehydes is 2. The molecule has 18 heavy (non-hydrogen) atoms. The highest BCUT2D eigenvalue weighted by Crippen LogP contribution is 2.00. The molecule has 0 spiro atoms. The molecule has 102 valence electrons. The van der Waals surface area contributed by atoms with Crippen LogP contribution in [0.3, 0.4) is 0 Å². The number of amides is 2. The highest BCUT2D eigenvalue weighted by Gasteiger charge is 2.08. The number of nitrogens with one attached hydrogen (secondary N) is 3. The molecule has 1 atom stereocenters. The Morgan fingerprint density at radius 3 is 2.50 bits per heavy atom. The molecule has 0 aromatic rings. The number of likely N-dealkylation sites (N-methyl/N-ethyl adjacent to an activating group) is 1. The lowest BCUT2D eigenvalue weighted by Crippen LogP contribution is -2.38. The molecule has 3 N–H and O–H groups in total. The highest BCUT2D eigenvalue weighted by atomic mass is 32.2. The predicted molar refractivity (Wildman–Crippen MR) is 68.3 cm³/mol. The van der Waals surface area contributed by atoms with Crippen molar-refractivity contribution in [3.63, 3.8) is 0 Å². The highest BCUT2D eigenvalue weighted by molar-refractivity contribution is 8.00. The van der Waals surface area contributed by atoms with Crippen LogP contribution in [0.2, 0.25) is 0 Å². The molecule has 0 rings (SSSR count). The van der Waals surface area contributed by atoms with Gasteiger partial charge in [0.25, 0.3) is 0 Å². The molecule has 0 fully saturated rings. The van der Waals surface area contributed by atoms with Crippen molar-refractivity contribution in [2.75, 3.05) is 31.6 Å². The van der Waals surface area contributed by atoms with Crippen LogP contribution in [0.25, 0.3) is 0 Å². The van der Waals surface area contributed by atoms with E-state index in [0.717, 1.165) is 6.29 Å². The van der Waals surface area contributed by atoms with Crippen molar-refractivity contribution in [3.05, 3.63) is 0 Å². The summed E-state index contributed by atoms with van der Waals surface area (Å²) in [7, 11) is 1.66. The van der Waals surface area contributed by atoms with Gasteiger partial charge in [-0.05, 0) is 7.05 Å². The van der Waals surface area contributed by atoms with Crippen LogP contribution in [0.5, 0.6) is 0 Å². The van der Waals surface area contributed by atoms with Gasteiger partial charge >= 0.3 is 0 Å². The summed E-state index contributed by atoms with van der Waals surface area (Å²) in [6, 6.07) is -0.279. The molecule has 0 aliphatic heterocycles. The Labute approximate surface area is 109 Å². The molecule has 8 heteroatoms. The Balaban J connectivity index is 3.62. The maximum atomic E-state index is 11.3. The molecule has 0 saturated carbocycles. The monoisotopic (exact) mass is 275 g/mol. The van der Waals surface area contributed by atoms with Crippen LogP contribution in [0, 0.1) is 0 Å². The van der Waals surface area contributed by atoms with E-state index >= 15 is 0 Å². The van der Waals surface area contributed by atoms with E-state index in [0.29, 0.717) is 12.0 Å². The smallest absolute Gasteiger partial charge is 0.239 e. The average Bonchev–Trinajstić information content (AvgIpc) is 2.39. The minimum Gasteiger partial charge on any atom is -0.348 e. The van der Waals surface area contributed by atoms with Gasteiger partial charge in [0.05, 0.1) is 24.9 Å². The first kappa shape index (κ1) is 16.6. The Morgan fingerprint density at radius 1 is 1.22 bits per heavy atom. The third-order valence-corrected chi connectivity index (χ3v) is 2.96. The van der Waals surface area contributed by atoms with Gasteiger partial charge in [-0.15, -0.1) is 11.8 Å². The van der Waals surface area contributed by atoms with Crippen LogP contribution in [0.15, 0.2) is 0 Å². The second-order valence-electron chi connectivity index (χ2n) is 3.29. The van der Waals surface area contributed by atoms with Crippen LogP contribution in [-0.4, -0.2) is 62.1 Å². The quantitative estimate of drug-likeness (QED) is 0.396. The molecule has 0 aromatic carbocycles. The van der Waals surface area contributed by atoms with E-state index in [1.165, 1.54) is 11.8 Å². The van der Waals surface area contributed by atoms with Crippen LogP contribution in [-0.2, 0) is 19.2 Å². The fourth-order valence-electron chi connectivity index (χ4n) is 0.917. The zero-order valence-electron chi connectivity index (χ0n) is 10.1. The second-order valence-corrected chi connectivity index (χ2v) is 4.32. The lowest BCUT2D eigenvalue weighted by molar-refractivity contribution is -0.125. The first-order valence-electron chi connectivity index (χ1n) is 5.31. The Kier molecular flexibility index (Phi) is 9.89. The largest absolute Gasteiger partial charge is 0.348 e. The zero-order chi connectivity index (χ0) is 13.8. The van der Waals surface area contributed by atoms with E-state index in [9.17, 15) is 19.2 Å². The summed E-state index contributed by atoms with van der Waals surface area (Å²) in [5, 5.41) is 7.48. The van der Waals surface area contributed by atoms with Gasteiger partial charge in [-0.2, -0.15) is 0 Å². The van der Waals surface area contributed by atoms with Crippen molar-refractivity contribution in [2.24, 2.45) is 0 Å². The van der Waals surface area contributed by atoms with Crippen molar-refractivity contribution >= 4 is 36.1 Å². The average molecular weight is 275 g/mol. The van der Waals surface area contributed by atoms with E-state index in [1.54, 1.807) is 7.05 Å². The van der Waals surface area contributed by atoms with Gasteiger partial charge in [0.2, 0.25) is 11.8 Å². The van der Waals surface area contributed by atoms with Crippen LogP contribution >= 0.6 is 11.8 Å². The molecule has 0 radical (unpaired) electrons. The molecule has 0 heterocycles. The van der Waals surface area contributed by atoms with Crippen molar-refractivity contribution in [2.45, 2.75) is 6.04 Å². The van der Waals surface area contributed by atoms with Crippen LogP contribution in [0.1, 0.15) is 0 Å². The minimum atomic E-state index is -0.415. The fraction of sp³-hybridized carbons (Fsp3) is 0.600. The van der Waals surface area contributed by atoms with Gasteiger partial charge in [0, 0.05) is 5.75 Å². The number of carbonyl (C=O) groups excluding carboxylic acids is 4. The summed E-state index contributed by atoms with van der Waals surface area (Å²) >= 11 is 1.29. The fourth-order valence-corrected chi connectivity index (χ4v) is 1.82. The van der Waals surface area contributed by atoms with E-state index in [2.05, 4.69) is 16.0 Å². The standard InChI is InChI=1S/C10H17N3O4S/c1-11-8(5-15)6-18-7-10(17)13-4-9(16)12-2-3-14/h3,5,8,11H,2,4,6-7H2,1H3,(H,12,16)(H,13,17). The normalized spacial score (nSPS) is 11.4. The summed E-state index contributed by atoms with van der Waals surface area (Å²) in [5.74, 6) is -0.0407. The second kappa shape index (κ2) is 10.7. The summed E-state index contributed by atoms with van der Waals surface area (Å²) in [5.41, 5.74) is 0. The molecule has 0 bridgehead atoms. The van der Waals surface area contributed by atoms with E-state index < -0.39 is 5.91 Å². The molecular formula is C10H17N3O4S. The molecule has 2 amide bonds. The molecule has 0 aliphatic carbocycles. The van der Waals surface area contributed by atoms with Gasteiger partial charge in [0.15, 0.2) is 0 Å². The number of thioether (sulfide) groups is 1. The first-order chi connectivity index (χ1) is 8.63. The number of rotatable bonds is 10. The first-order valence-corrected chi connectivity index (χ1v) is 6.46. The van der Waals surface area contributed by atoms with Gasteiger partial charge < -0.3 is 25.5 Å². The number of carbonyl (C=O) groups is 4. The molecule has 7 nitrogen and oxygen atoms in total. The summed E-state index contributed by atoms with van der Waals surface area (Å²) in [6.07, 6.45) is 1.34. The van der Waals surface area contributed by atoms with Crippen molar-refractivity contribution in [1.29, 1.82) is 0 Å². The molecule has 1 unspecified atom stereocenters. The Bertz CT molecular complexity index is 299. The molecular weight excluding hydrogens is 258 g/mol. The predicted octanol–water partition coefficient (Wildman–Crippen LogP) is -2.06. The van der Waals surface area contributed by atoms with Gasteiger partial charge in [-0.25, -0.2) is 0 Å². The van der Waals surface area contributed by atoms with Crippen molar-refractivity contribution in [3.8, 4) is 0 Å².